The maximum atomic E-state index is 12.5. The van der Waals surface area contributed by atoms with E-state index in [1.165, 1.54) is 0 Å². The first kappa shape index (κ1) is 12.6. The van der Waals surface area contributed by atoms with Crippen molar-refractivity contribution in [1.29, 1.82) is 0 Å². The van der Waals surface area contributed by atoms with Gasteiger partial charge in [-0.1, -0.05) is 11.6 Å². The molecule has 0 fully saturated rings. The summed E-state index contributed by atoms with van der Waals surface area (Å²) in [5.74, 6) is -0.0424. The van der Waals surface area contributed by atoms with Crippen LogP contribution in [0.5, 0.6) is 0 Å². The molecule has 0 saturated carbocycles. The lowest BCUT2D eigenvalue weighted by Crippen LogP contribution is -2.12. The molecular weight excluding hydrogens is 243 g/mol. The molecule has 0 aliphatic heterocycles. The average Bonchev–Trinajstić information content (AvgIpc) is 2.28. The third-order valence-corrected chi connectivity index (χ3v) is 2.34. The van der Waals surface area contributed by atoms with Crippen LogP contribution in [0.4, 0.5) is 19.1 Å². The molecule has 1 N–H and O–H groups in total. The predicted molar refractivity (Wildman–Crippen MR) is 61.4 cm³/mol. The number of aromatic nitrogens is 2. The van der Waals surface area contributed by atoms with E-state index in [0.29, 0.717) is 6.42 Å². The number of hydrogen-bond donors (Lipinski definition) is 1. The summed E-state index contributed by atoms with van der Waals surface area (Å²) in [4.78, 5) is 7.22. The Morgan fingerprint density at radius 1 is 1.33 bits per heavy atom. The zero-order chi connectivity index (χ0) is 13.2. The number of allylic oxidation sites excluding steroid dienone is 4. The van der Waals surface area contributed by atoms with Gasteiger partial charge >= 0.3 is 6.18 Å². The van der Waals surface area contributed by atoms with Crippen LogP contribution in [0, 0.1) is 6.42 Å². The monoisotopic (exact) mass is 254 g/mol. The Hall–Kier alpha value is -1.85. The molecule has 1 aliphatic carbocycles. The van der Waals surface area contributed by atoms with Crippen LogP contribution in [0.15, 0.2) is 35.7 Å². The van der Waals surface area contributed by atoms with Crippen LogP contribution in [-0.2, 0) is 6.18 Å². The lowest BCUT2D eigenvalue weighted by molar-refractivity contribution is -0.141. The summed E-state index contributed by atoms with van der Waals surface area (Å²) < 4.78 is 37.4. The molecule has 0 atom stereocenters. The van der Waals surface area contributed by atoms with Gasteiger partial charge in [-0.3, -0.25) is 0 Å². The van der Waals surface area contributed by atoms with E-state index in [1.54, 1.807) is 0 Å². The van der Waals surface area contributed by atoms with E-state index in [-0.39, 0.29) is 5.95 Å². The van der Waals surface area contributed by atoms with E-state index >= 15 is 0 Å². The second kappa shape index (κ2) is 4.80. The minimum atomic E-state index is -4.46. The van der Waals surface area contributed by atoms with Crippen LogP contribution in [0.1, 0.15) is 19.0 Å². The minimum absolute atomic E-state index is 0.0424. The Bertz CT molecular complexity index is 504. The summed E-state index contributed by atoms with van der Waals surface area (Å²) in [5.41, 5.74) is 0.845. The summed E-state index contributed by atoms with van der Waals surface area (Å²) in [5, 5.41) is 2.79. The number of rotatable bonds is 2. The summed E-state index contributed by atoms with van der Waals surface area (Å²) in [6.07, 6.45) is 2.97. The maximum Gasteiger partial charge on any atom is 0.433 e. The number of nitrogens with zero attached hydrogens (tertiary/aromatic N) is 2. The quantitative estimate of drug-likeness (QED) is 0.879. The van der Waals surface area contributed by atoms with Crippen molar-refractivity contribution in [2.75, 3.05) is 5.32 Å². The topological polar surface area (TPSA) is 37.8 Å². The predicted octanol–water partition coefficient (Wildman–Crippen LogP) is 3.35. The van der Waals surface area contributed by atoms with E-state index < -0.39 is 11.9 Å². The molecule has 18 heavy (non-hydrogen) atoms. The molecule has 0 bridgehead atoms. The van der Waals surface area contributed by atoms with Crippen molar-refractivity contribution in [2.45, 2.75) is 19.5 Å². The van der Waals surface area contributed by atoms with Gasteiger partial charge in [0.15, 0.2) is 0 Å². The van der Waals surface area contributed by atoms with Crippen molar-refractivity contribution in [1.82, 2.24) is 9.97 Å². The van der Waals surface area contributed by atoms with Gasteiger partial charge in [0, 0.05) is 11.9 Å². The molecule has 0 spiro atoms. The molecule has 1 aromatic heterocycles. The molecule has 0 unspecified atom stereocenters. The van der Waals surface area contributed by atoms with Crippen molar-refractivity contribution in [3.8, 4) is 0 Å². The van der Waals surface area contributed by atoms with Gasteiger partial charge in [-0.15, -0.1) is 0 Å². The lowest BCUT2D eigenvalue weighted by atomic mass is 10.1. The van der Waals surface area contributed by atoms with Gasteiger partial charge in [0.1, 0.15) is 5.69 Å². The second-order valence-electron chi connectivity index (χ2n) is 3.91. The van der Waals surface area contributed by atoms with Crippen molar-refractivity contribution in [3.05, 3.63) is 47.8 Å². The van der Waals surface area contributed by atoms with Crippen LogP contribution in [0.2, 0.25) is 0 Å². The molecule has 1 aromatic rings. The number of nitrogens with one attached hydrogen (secondary N) is 1. The van der Waals surface area contributed by atoms with Gasteiger partial charge in [0.25, 0.3) is 0 Å². The van der Waals surface area contributed by atoms with Crippen LogP contribution >= 0.6 is 0 Å². The molecule has 95 valence electrons. The Morgan fingerprint density at radius 2 is 2.11 bits per heavy atom. The summed E-state index contributed by atoms with van der Waals surface area (Å²) in [6.45, 7) is 1.91. The van der Waals surface area contributed by atoms with Gasteiger partial charge in [0.2, 0.25) is 5.95 Å². The molecule has 0 aromatic carbocycles. The summed E-state index contributed by atoms with van der Waals surface area (Å²) in [6, 6.07) is 0.845. The largest absolute Gasteiger partial charge is 0.433 e. The van der Waals surface area contributed by atoms with Crippen molar-refractivity contribution >= 4 is 5.95 Å². The molecule has 1 heterocycles. The highest BCUT2D eigenvalue weighted by Crippen LogP contribution is 2.28. The molecule has 2 rings (SSSR count). The lowest BCUT2D eigenvalue weighted by Gasteiger charge is -2.13. The molecule has 0 saturated heterocycles. The highest BCUT2D eigenvalue weighted by Gasteiger charge is 2.32. The Kier molecular flexibility index (Phi) is 3.36. The number of hydrogen-bond acceptors (Lipinski definition) is 3. The van der Waals surface area contributed by atoms with Crippen molar-refractivity contribution < 1.29 is 13.2 Å². The Labute approximate surface area is 102 Å². The summed E-state index contributed by atoms with van der Waals surface area (Å²) in [7, 11) is 0. The molecule has 1 aliphatic rings. The van der Waals surface area contributed by atoms with Crippen LogP contribution in [-0.4, -0.2) is 9.97 Å². The number of halogens is 3. The standard InChI is InChI=1S/C12H11F3N3/c1-8-3-2-4-9(7-8)17-11-16-6-5-10(18-11)12(13,14)15/h2-3,5-7H,4H2,1H3,(H,16,17,18). The fourth-order valence-corrected chi connectivity index (χ4v) is 1.56. The second-order valence-corrected chi connectivity index (χ2v) is 3.91. The molecule has 3 nitrogen and oxygen atoms in total. The van der Waals surface area contributed by atoms with Crippen LogP contribution < -0.4 is 5.32 Å². The fourth-order valence-electron chi connectivity index (χ4n) is 1.56. The third-order valence-electron chi connectivity index (χ3n) is 2.34. The summed E-state index contributed by atoms with van der Waals surface area (Å²) >= 11 is 0. The van der Waals surface area contributed by atoms with Crippen LogP contribution in [0.25, 0.3) is 0 Å². The third kappa shape index (κ3) is 3.09. The first-order chi connectivity index (χ1) is 8.45. The van der Waals surface area contributed by atoms with Crippen LogP contribution in [0.3, 0.4) is 0 Å². The Morgan fingerprint density at radius 3 is 2.78 bits per heavy atom. The molecule has 6 heteroatoms. The SMILES string of the molecule is CC1=C[CH]CC(Nc2nccc(C(F)(F)F)n2)=C1. The number of anilines is 1. The van der Waals surface area contributed by atoms with E-state index in [4.69, 9.17) is 0 Å². The van der Waals surface area contributed by atoms with Gasteiger partial charge in [-0.05, 0) is 31.9 Å². The van der Waals surface area contributed by atoms with Crippen molar-refractivity contribution in [3.63, 3.8) is 0 Å². The first-order valence-electron chi connectivity index (χ1n) is 5.33. The highest BCUT2D eigenvalue weighted by atomic mass is 19.4. The zero-order valence-corrected chi connectivity index (χ0v) is 9.62. The maximum absolute atomic E-state index is 12.5. The molecule has 1 radical (unpaired) electrons. The minimum Gasteiger partial charge on any atom is -0.328 e. The average molecular weight is 254 g/mol. The highest BCUT2D eigenvalue weighted by molar-refractivity contribution is 5.41. The normalized spacial score (nSPS) is 16.0. The first-order valence-corrected chi connectivity index (χ1v) is 5.33. The van der Waals surface area contributed by atoms with Gasteiger partial charge in [-0.25, -0.2) is 9.97 Å². The van der Waals surface area contributed by atoms with E-state index in [2.05, 4.69) is 15.3 Å². The van der Waals surface area contributed by atoms with Gasteiger partial charge in [-0.2, -0.15) is 13.2 Å². The number of alkyl halides is 3. The van der Waals surface area contributed by atoms with Gasteiger partial charge < -0.3 is 5.32 Å². The van der Waals surface area contributed by atoms with E-state index in [0.717, 1.165) is 23.5 Å². The zero-order valence-electron chi connectivity index (χ0n) is 9.62. The smallest absolute Gasteiger partial charge is 0.328 e. The van der Waals surface area contributed by atoms with E-state index in [9.17, 15) is 13.2 Å². The van der Waals surface area contributed by atoms with E-state index in [1.807, 2.05) is 25.5 Å². The molecule has 0 amide bonds. The Balaban J connectivity index is 2.18. The fraction of sp³-hybridized carbons (Fsp3) is 0.250. The van der Waals surface area contributed by atoms with Gasteiger partial charge in [0.05, 0.1) is 0 Å². The van der Waals surface area contributed by atoms with Crippen molar-refractivity contribution in [2.24, 2.45) is 0 Å². The molecular formula is C12H11F3N3.